The number of Topliss-reactive ketones (excluding diaryl/α,β-unsaturated/α-hetero) is 1. The molecule has 3 rings (SSSR count). The van der Waals surface area contributed by atoms with Gasteiger partial charge < -0.3 is 9.15 Å². The largest absolute Gasteiger partial charge is 0.489 e. The highest BCUT2D eigenvalue weighted by molar-refractivity contribution is 6.35. The van der Waals surface area contributed by atoms with Gasteiger partial charge in [-0.05, 0) is 37.3 Å². The van der Waals surface area contributed by atoms with Crippen LogP contribution >= 0.6 is 23.2 Å². The van der Waals surface area contributed by atoms with Crippen molar-refractivity contribution in [3.63, 3.8) is 0 Å². The highest BCUT2D eigenvalue weighted by atomic mass is 35.5. The molecule has 0 aliphatic heterocycles. The van der Waals surface area contributed by atoms with Gasteiger partial charge in [0.05, 0.1) is 0 Å². The molecule has 0 saturated carbocycles. The Morgan fingerprint density at radius 3 is 2.62 bits per heavy atom. The molecule has 2 aromatic carbocycles. The molecule has 122 valence electrons. The third kappa shape index (κ3) is 3.45. The summed E-state index contributed by atoms with van der Waals surface area (Å²) >= 11 is 12.0. The summed E-state index contributed by atoms with van der Waals surface area (Å²) in [6, 6.07) is 11.7. The smallest absolute Gasteiger partial charge is 0.347 e. The average molecular weight is 363 g/mol. The van der Waals surface area contributed by atoms with Crippen LogP contribution in [0.15, 0.2) is 51.7 Å². The minimum Gasteiger partial charge on any atom is -0.489 e. The Labute approximate surface area is 147 Å². The van der Waals surface area contributed by atoms with Gasteiger partial charge in [0.1, 0.15) is 23.5 Å². The fraction of sp³-hybridized carbons (Fsp3) is 0.111. The Morgan fingerprint density at radius 2 is 1.92 bits per heavy atom. The van der Waals surface area contributed by atoms with Gasteiger partial charge in [-0.15, -0.1) is 0 Å². The molecular formula is C18H12Cl2O4. The van der Waals surface area contributed by atoms with Gasteiger partial charge in [-0.2, -0.15) is 0 Å². The highest BCUT2D eigenvalue weighted by Crippen LogP contribution is 2.25. The Kier molecular flexibility index (Phi) is 4.60. The molecule has 0 aliphatic rings. The molecule has 4 nitrogen and oxygen atoms in total. The van der Waals surface area contributed by atoms with Crippen LogP contribution in [0.4, 0.5) is 0 Å². The molecule has 0 amide bonds. The van der Waals surface area contributed by atoms with E-state index >= 15 is 0 Å². The molecule has 0 spiro atoms. The van der Waals surface area contributed by atoms with Gasteiger partial charge >= 0.3 is 5.63 Å². The Morgan fingerprint density at radius 1 is 1.12 bits per heavy atom. The number of rotatable bonds is 4. The number of hydrogen-bond acceptors (Lipinski definition) is 4. The fourth-order valence-electron chi connectivity index (χ4n) is 2.23. The highest BCUT2D eigenvalue weighted by Gasteiger charge is 2.10. The van der Waals surface area contributed by atoms with E-state index in [0.717, 1.165) is 5.56 Å². The van der Waals surface area contributed by atoms with E-state index < -0.39 is 5.63 Å². The molecule has 0 atom stereocenters. The molecule has 0 fully saturated rings. The summed E-state index contributed by atoms with van der Waals surface area (Å²) in [5.74, 6) is 0.190. The van der Waals surface area contributed by atoms with Crippen molar-refractivity contribution < 1.29 is 13.9 Å². The minimum atomic E-state index is -0.659. The van der Waals surface area contributed by atoms with Crippen LogP contribution in [0.3, 0.4) is 0 Å². The summed E-state index contributed by atoms with van der Waals surface area (Å²) in [7, 11) is 0. The topological polar surface area (TPSA) is 56.5 Å². The van der Waals surface area contributed by atoms with Crippen LogP contribution in [0.5, 0.6) is 5.75 Å². The van der Waals surface area contributed by atoms with Gasteiger partial charge in [0.25, 0.3) is 0 Å². The van der Waals surface area contributed by atoms with E-state index in [2.05, 4.69) is 0 Å². The number of carbonyl (C=O) groups excluding carboxylic acids is 1. The van der Waals surface area contributed by atoms with Crippen molar-refractivity contribution in [2.45, 2.75) is 13.5 Å². The molecular weight excluding hydrogens is 351 g/mol. The predicted molar refractivity (Wildman–Crippen MR) is 93.3 cm³/mol. The van der Waals surface area contributed by atoms with Crippen LogP contribution in [-0.2, 0) is 6.61 Å². The zero-order valence-electron chi connectivity index (χ0n) is 12.6. The van der Waals surface area contributed by atoms with E-state index in [1.165, 1.54) is 13.0 Å². The van der Waals surface area contributed by atoms with Crippen molar-refractivity contribution in [3.8, 4) is 5.75 Å². The van der Waals surface area contributed by atoms with Crippen molar-refractivity contribution in [2.75, 3.05) is 0 Å². The third-order valence-corrected chi connectivity index (χ3v) is 4.08. The number of hydrogen-bond donors (Lipinski definition) is 0. The van der Waals surface area contributed by atoms with Gasteiger partial charge in [-0.25, -0.2) is 4.79 Å². The lowest BCUT2D eigenvalue weighted by atomic mass is 10.1. The normalized spacial score (nSPS) is 10.8. The first-order valence-corrected chi connectivity index (χ1v) is 7.85. The first-order chi connectivity index (χ1) is 11.4. The summed E-state index contributed by atoms with van der Waals surface area (Å²) in [6.07, 6.45) is 0. The van der Waals surface area contributed by atoms with Crippen molar-refractivity contribution in [1.82, 2.24) is 0 Å². The lowest BCUT2D eigenvalue weighted by molar-refractivity contribution is 0.101. The van der Waals surface area contributed by atoms with Crippen molar-refractivity contribution in [3.05, 3.63) is 74.1 Å². The lowest BCUT2D eigenvalue weighted by Crippen LogP contribution is -2.10. The first-order valence-electron chi connectivity index (χ1n) is 7.09. The van der Waals surface area contributed by atoms with Gasteiger partial charge in [0, 0.05) is 27.1 Å². The second kappa shape index (κ2) is 6.67. The van der Waals surface area contributed by atoms with E-state index in [1.807, 2.05) is 0 Å². The molecule has 0 unspecified atom stereocenters. The molecule has 3 aromatic rings. The molecule has 1 heterocycles. The van der Waals surface area contributed by atoms with Gasteiger partial charge in [0.15, 0.2) is 5.78 Å². The molecule has 0 saturated heterocycles. The molecule has 0 aliphatic carbocycles. The summed E-state index contributed by atoms with van der Waals surface area (Å²) in [6.45, 7) is 1.57. The van der Waals surface area contributed by atoms with Crippen molar-refractivity contribution >= 4 is 40.0 Å². The molecule has 0 bridgehead atoms. The summed E-state index contributed by atoms with van der Waals surface area (Å²) in [4.78, 5) is 23.2. The number of fused-ring (bicyclic) bond motifs is 1. The first kappa shape index (κ1) is 16.6. The maximum atomic E-state index is 11.8. The SMILES string of the molecule is CC(=O)c1cc2ccc(OCc3ccc(Cl)cc3Cl)cc2oc1=O. The van der Waals surface area contributed by atoms with Crippen LogP contribution in [0.2, 0.25) is 10.0 Å². The number of benzene rings is 2. The molecule has 24 heavy (non-hydrogen) atoms. The number of carbonyl (C=O) groups is 1. The maximum absolute atomic E-state index is 11.8. The van der Waals surface area contributed by atoms with Crippen LogP contribution < -0.4 is 10.4 Å². The van der Waals surface area contributed by atoms with E-state index in [-0.39, 0.29) is 18.0 Å². The van der Waals surface area contributed by atoms with E-state index in [9.17, 15) is 9.59 Å². The number of ether oxygens (including phenoxy) is 1. The molecule has 0 N–H and O–H groups in total. The van der Waals surface area contributed by atoms with E-state index in [1.54, 1.807) is 36.4 Å². The lowest BCUT2D eigenvalue weighted by Gasteiger charge is -2.09. The van der Waals surface area contributed by atoms with Crippen LogP contribution in [-0.4, -0.2) is 5.78 Å². The average Bonchev–Trinajstić information content (AvgIpc) is 2.53. The second-order valence-corrected chi connectivity index (χ2v) is 6.07. The number of halogens is 2. The standard InChI is InChI=1S/C18H12Cl2O4/c1-10(21)15-6-11-3-5-14(8-17(11)24-18(15)22)23-9-12-2-4-13(19)7-16(12)20/h2-8H,9H2,1H3. The summed E-state index contributed by atoms with van der Waals surface area (Å²) in [5.41, 5.74) is 0.510. The monoisotopic (exact) mass is 362 g/mol. The minimum absolute atomic E-state index is 0.0316. The summed E-state index contributed by atoms with van der Waals surface area (Å²) in [5, 5.41) is 1.72. The van der Waals surface area contributed by atoms with E-state index in [4.69, 9.17) is 32.4 Å². The zero-order valence-corrected chi connectivity index (χ0v) is 14.1. The van der Waals surface area contributed by atoms with Gasteiger partial charge in [-0.1, -0.05) is 29.3 Å². The van der Waals surface area contributed by atoms with Gasteiger partial charge in [0.2, 0.25) is 0 Å². The number of ketones is 1. The van der Waals surface area contributed by atoms with Gasteiger partial charge in [-0.3, -0.25) is 4.79 Å². The quantitative estimate of drug-likeness (QED) is 0.490. The summed E-state index contributed by atoms with van der Waals surface area (Å²) < 4.78 is 10.9. The Bertz CT molecular complexity index is 992. The molecule has 0 radical (unpaired) electrons. The zero-order chi connectivity index (χ0) is 17.3. The Balaban J connectivity index is 1.87. The Hall–Kier alpha value is -2.30. The van der Waals surface area contributed by atoms with E-state index in [0.29, 0.717) is 26.8 Å². The predicted octanol–water partition coefficient (Wildman–Crippen LogP) is 4.88. The molecule has 1 aromatic heterocycles. The van der Waals surface area contributed by atoms with Crippen molar-refractivity contribution in [1.29, 1.82) is 0 Å². The molecule has 6 heteroatoms. The van der Waals surface area contributed by atoms with Crippen LogP contribution in [0.1, 0.15) is 22.8 Å². The maximum Gasteiger partial charge on any atom is 0.347 e. The van der Waals surface area contributed by atoms with Crippen LogP contribution in [0.25, 0.3) is 11.0 Å². The van der Waals surface area contributed by atoms with Crippen molar-refractivity contribution in [2.24, 2.45) is 0 Å². The second-order valence-electron chi connectivity index (χ2n) is 5.23. The third-order valence-electron chi connectivity index (χ3n) is 3.50. The fourth-order valence-corrected chi connectivity index (χ4v) is 2.69. The van der Waals surface area contributed by atoms with Crippen LogP contribution in [0, 0.1) is 0 Å².